The maximum Gasteiger partial charge on any atom is 0.238 e. The highest BCUT2D eigenvalue weighted by Gasteiger charge is 2.03. The smallest absolute Gasteiger partial charge is 0.238 e. The van der Waals surface area contributed by atoms with Gasteiger partial charge in [0.25, 0.3) is 0 Å². The van der Waals surface area contributed by atoms with E-state index in [-0.39, 0.29) is 12.5 Å². The van der Waals surface area contributed by atoms with E-state index in [0.29, 0.717) is 6.54 Å². The molecule has 0 saturated carbocycles. The van der Waals surface area contributed by atoms with Crippen LogP contribution in [0.1, 0.15) is 5.56 Å². The van der Waals surface area contributed by atoms with Gasteiger partial charge in [0.15, 0.2) is 0 Å². The first-order chi connectivity index (χ1) is 7.63. The summed E-state index contributed by atoms with van der Waals surface area (Å²) in [6.45, 7) is 2.60. The quantitative estimate of drug-likeness (QED) is 0.502. The average Bonchev–Trinajstić information content (AvgIpc) is 2.23. The van der Waals surface area contributed by atoms with Crippen molar-refractivity contribution in [1.82, 2.24) is 5.32 Å². The summed E-state index contributed by atoms with van der Waals surface area (Å²) < 4.78 is 1.15. The minimum Gasteiger partial charge on any atom is -0.325 e. The Morgan fingerprint density at radius 3 is 2.94 bits per heavy atom. The molecule has 0 spiro atoms. The summed E-state index contributed by atoms with van der Waals surface area (Å²) in [6.07, 6.45) is 5.06. The summed E-state index contributed by atoms with van der Waals surface area (Å²) in [4.78, 5) is 11.5. The van der Waals surface area contributed by atoms with Gasteiger partial charge in [-0.25, -0.2) is 0 Å². The molecule has 0 fully saturated rings. The third-order valence-corrected chi connectivity index (χ3v) is 2.65. The fourth-order valence-corrected chi connectivity index (χ4v) is 1.86. The zero-order chi connectivity index (χ0) is 12.0. The molecule has 0 aliphatic carbocycles. The predicted molar refractivity (Wildman–Crippen MR) is 74.2 cm³/mol. The number of halogens is 1. The van der Waals surface area contributed by atoms with Gasteiger partial charge in [-0.1, -0.05) is 5.92 Å². The van der Waals surface area contributed by atoms with Crippen LogP contribution >= 0.6 is 22.6 Å². The Morgan fingerprint density at radius 2 is 2.31 bits per heavy atom. The summed E-state index contributed by atoms with van der Waals surface area (Å²) in [5, 5.41) is 5.66. The van der Waals surface area contributed by atoms with Crippen molar-refractivity contribution in [3.05, 3.63) is 27.3 Å². The summed E-state index contributed by atoms with van der Waals surface area (Å²) >= 11 is 2.24. The number of carbonyl (C=O) groups is 1. The van der Waals surface area contributed by atoms with Crippen LogP contribution < -0.4 is 10.6 Å². The highest BCUT2D eigenvalue weighted by Crippen LogP contribution is 2.17. The van der Waals surface area contributed by atoms with Crippen LogP contribution in [0.2, 0.25) is 0 Å². The van der Waals surface area contributed by atoms with E-state index in [4.69, 9.17) is 6.42 Å². The summed E-state index contributed by atoms with van der Waals surface area (Å²) in [5.74, 6) is 2.33. The highest BCUT2D eigenvalue weighted by atomic mass is 127. The number of benzene rings is 1. The molecule has 1 aromatic carbocycles. The highest BCUT2D eigenvalue weighted by molar-refractivity contribution is 14.1. The van der Waals surface area contributed by atoms with Crippen LogP contribution in [0.4, 0.5) is 5.69 Å². The lowest BCUT2D eigenvalue weighted by Gasteiger charge is -2.08. The van der Waals surface area contributed by atoms with Crippen molar-refractivity contribution < 1.29 is 4.79 Å². The van der Waals surface area contributed by atoms with Gasteiger partial charge in [0.05, 0.1) is 13.1 Å². The number of aryl methyl sites for hydroxylation is 1. The van der Waals surface area contributed by atoms with Crippen LogP contribution in [-0.4, -0.2) is 19.0 Å². The molecule has 0 bridgehead atoms. The van der Waals surface area contributed by atoms with Crippen LogP contribution in [0.3, 0.4) is 0 Å². The predicted octanol–water partition coefficient (Wildman–Crippen LogP) is 1.76. The Labute approximate surface area is 109 Å². The van der Waals surface area contributed by atoms with Gasteiger partial charge >= 0.3 is 0 Å². The van der Waals surface area contributed by atoms with Gasteiger partial charge < -0.3 is 5.32 Å². The summed E-state index contributed by atoms with van der Waals surface area (Å²) in [7, 11) is 0. The molecule has 3 nitrogen and oxygen atoms in total. The van der Waals surface area contributed by atoms with Crippen molar-refractivity contribution in [3.8, 4) is 12.3 Å². The number of hydrogen-bond acceptors (Lipinski definition) is 2. The van der Waals surface area contributed by atoms with Gasteiger partial charge in [-0.15, -0.1) is 6.42 Å². The van der Waals surface area contributed by atoms with Crippen molar-refractivity contribution >= 4 is 34.2 Å². The molecule has 16 heavy (non-hydrogen) atoms. The van der Waals surface area contributed by atoms with Crippen LogP contribution in [0.5, 0.6) is 0 Å². The number of terminal acetylenes is 1. The molecule has 0 unspecified atom stereocenters. The average molecular weight is 328 g/mol. The Bertz CT molecular complexity index is 424. The van der Waals surface area contributed by atoms with E-state index in [2.05, 4.69) is 39.1 Å². The monoisotopic (exact) mass is 328 g/mol. The van der Waals surface area contributed by atoms with Crippen molar-refractivity contribution in [2.45, 2.75) is 6.92 Å². The first kappa shape index (κ1) is 13.0. The van der Waals surface area contributed by atoms with E-state index in [1.54, 1.807) is 0 Å². The number of hydrogen-bond donors (Lipinski definition) is 2. The maximum absolute atomic E-state index is 11.5. The molecule has 0 aliphatic heterocycles. The molecule has 0 aliphatic rings. The zero-order valence-corrected chi connectivity index (χ0v) is 11.2. The minimum absolute atomic E-state index is 0.0837. The van der Waals surface area contributed by atoms with Crippen molar-refractivity contribution in [2.75, 3.05) is 18.4 Å². The van der Waals surface area contributed by atoms with E-state index in [0.717, 1.165) is 14.8 Å². The topological polar surface area (TPSA) is 41.1 Å². The number of carbonyl (C=O) groups excluding carboxylic acids is 1. The third-order valence-electron chi connectivity index (χ3n) is 1.98. The second-order valence-corrected chi connectivity index (χ2v) is 4.56. The molecule has 0 radical (unpaired) electrons. The first-order valence-electron chi connectivity index (χ1n) is 4.83. The molecule has 1 amide bonds. The van der Waals surface area contributed by atoms with Gasteiger partial charge in [0.1, 0.15) is 0 Å². The summed E-state index contributed by atoms with van der Waals surface area (Å²) in [5.41, 5.74) is 1.89. The molecule has 0 heterocycles. The van der Waals surface area contributed by atoms with Gasteiger partial charge in [-0.05, 0) is 53.3 Å². The van der Waals surface area contributed by atoms with Crippen molar-refractivity contribution in [2.24, 2.45) is 0 Å². The minimum atomic E-state index is -0.0837. The van der Waals surface area contributed by atoms with Crippen LogP contribution in [0.25, 0.3) is 0 Å². The molecule has 1 aromatic rings. The van der Waals surface area contributed by atoms with E-state index < -0.39 is 0 Å². The molecule has 0 saturated heterocycles. The molecule has 0 atom stereocenters. The maximum atomic E-state index is 11.5. The molecule has 0 aromatic heterocycles. The van der Waals surface area contributed by atoms with E-state index in [1.807, 2.05) is 25.1 Å². The largest absolute Gasteiger partial charge is 0.325 e. The second-order valence-electron chi connectivity index (χ2n) is 3.32. The van der Waals surface area contributed by atoms with E-state index >= 15 is 0 Å². The molecule has 4 heteroatoms. The number of rotatable bonds is 4. The van der Waals surface area contributed by atoms with Gasteiger partial charge in [-0.2, -0.15) is 0 Å². The SMILES string of the molecule is C#CCNCC(=O)Nc1ccc(I)cc1C. The Kier molecular flexibility index (Phi) is 5.29. The van der Waals surface area contributed by atoms with Crippen molar-refractivity contribution in [3.63, 3.8) is 0 Å². The molecule has 1 rings (SSSR count). The number of nitrogens with one attached hydrogen (secondary N) is 2. The fraction of sp³-hybridized carbons (Fsp3) is 0.250. The number of anilines is 1. The zero-order valence-electron chi connectivity index (χ0n) is 9.01. The van der Waals surface area contributed by atoms with Crippen LogP contribution in [-0.2, 0) is 4.79 Å². The summed E-state index contributed by atoms with van der Waals surface area (Å²) in [6, 6.07) is 5.87. The molecule has 84 valence electrons. The normalized spacial score (nSPS) is 9.56. The fourth-order valence-electron chi connectivity index (χ4n) is 1.21. The van der Waals surface area contributed by atoms with E-state index in [1.165, 1.54) is 0 Å². The first-order valence-corrected chi connectivity index (χ1v) is 5.91. The molecular formula is C12H13IN2O. The standard InChI is InChI=1S/C12H13IN2O/c1-3-6-14-8-12(16)15-11-5-4-10(13)7-9(11)2/h1,4-5,7,14H,6,8H2,2H3,(H,15,16). The lowest BCUT2D eigenvalue weighted by atomic mass is 10.2. The van der Waals surface area contributed by atoms with Crippen LogP contribution in [0, 0.1) is 22.8 Å². The second kappa shape index (κ2) is 6.51. The Balaban J connectivity index is 2.53. The van der Waals surface area contributed by atoms with Gasteiger partial charge in [-0.3, -0.25) is 10.1 Å². The van der Waals surface area contributed by atoms with Crippen molar-refractivity contribution in [1.29, 1.82) is 0 Å². The number of amides is 1. The molecular weight excluding hydrogens is 315 g/mol. The van der Waals surface area contributed by atoms with Gasteiger partial charge in [0.2, 0.25) is 5.91 Å². The van der Waals surface area contributed by atoms with Crippen LogP contribution in [0.15, 0.2) is 18.2 Å². The lowest BCUT2D eigenvalue weighted by Crippen LogP contribution is -2.28. The third kappa shape index (κ3) is 4.21. The Hall–Kier alpha value is -1.06. The van der Waals surface area contributed by atoms with E-state index in [9.17, 15) is 4.79 Å². The lowest BCUT2D eigenvalue weighted by molar-refractivity contribution is -0.115. The van der Waals surface area contributed by atoms with Gasteiger partial charge in [0, 0.05) is 9.26 Å². The molecule has 2 N–H and O–H groups in total. The Morgan fingerprint density at radius 1 is 1.56 bits per heavy atom.